The molecule has 0 aromatic heterocycles. The first kappa shape index (κ1) is 16.0. The molecule has 21 heavy (non-hydrogen) atoms. The van der Waals surface area contributed by atoms with Gasteiger partial charge in [-0.25, -0.2) is 5.84 Å². The Morgan fingerprint density at radius 3 is 2.29 bits per heavy atom. The molecule has 0 unspecified atom stereocenters. The zero-order valence-electron chi connectivity index (χ0n) is 13.4. The van der Waals surface area contributed by atoms with Crippen LogP contribution in [0.15, 0.2) is 24.3 Å². The van der Waals surface area contributed by atoms with Crippen molar-refractivity contribution in [2.75, 3.05) is 13.1 Å². The summed E-state index contributed by atoms with van der Waals surface area (Å²) < 4.78 is 0. The summed E-state index contributed by atoms with van der Waals surface area (Å²) >= 11 is 0. The van der Waals surface area contributed by atoms with Crippen LogP contribution in [0.25, 0.3) is 0 Å². The van der Waals surface area contributed by atoms with Gasteiger partial charge in [0.2, 0.25) is 0 Å². The molecule has 3 N–H and O–H groups in total. The van der Waals surface area contributed by atoms with Gasteiger partial charge in [-0.3, -0.25) is 15.1 Å². The van der Waals surface area contributed by atoms with Crippen LogP contribution >= 0.6 is 0 Å². The number of carbonyl (C=O) groups excluding carboxylic acids is 1. The monoisotopic (exact) mass is 289 g/mol. The summed E-state index contributed by atoms with van der Waals surface area (Å²) in [7, 11) is 0. The third kappa shape index (κ3) is 4.29. The van der Waals surface area contributed by atoms with E-state index >= 15 is 0 Å². The van der Waals surface area contributed by atoms with Crippen molar-refractivity contribution >= 4 is 5.91 Å². The van der Waals surface area contributed by atoms with E-state index in [0.717, 1.165) is 25.6 Å². The number of likely N-dealkylation sites (tertiary alicyclic amines) is 1. The van der Waals surface area contributed by atoms with E-state index in [4.69, 9.17) is 5.84 Å². The van der Waals surface area contributed by atoms with Gasteiger partial charge in [0.25, 0.3) is 5.91 Å². The van der Waals surface area contributed by atoms with E-state index in [0.29, 0.717) is 11.0 Å². The topological polar surface area (TPSA) is 58.4 Å². The van der Waals surface area contributed by atoms with E-state index in [1.807, 2.05) is 24.3 Å². The standard InChI is InChI=1S/C17H27N3O/c1-17(2,3)15-8-10-20(11-9-15)12-13-4-6-14(7-5-13)16(21)19-18/h4-7,15H,8-12,18H2,1-3H3,(H,19,21). The van der Waals surface area contributed by atoms with Crippen LogP contribution in [-0.4, -0.2) is 23.9 Å². The van der Waals surface area contributed by atoms with Crippen LogP contribution in [0, 0.1) is 11.3 Å². The molecule has 1 fully saturated rings. The van der Waals surface area contributed by atoms with Crippen LogP contribution in [0.4, 0.5) is 0 Å². The molecule has 0 spiro atoms. The van der Waals surface area contributed by atoms with Crippen molar-refractivity contribution in [3.8, 4) is 0 Å². The molecule has 0 radical (unpaired) electrons. The molecule has 1 aromatic rings. The smallest absolute Gasteiger partial charge is 0.265 e. The van der Waals surface area contributed by atoms with E-state index in [1.165, 1.54) is 18.4 Å². The number of nitrogens with zero attached hydrogens (tertiary/aromatic N) is 1. The van der Waals surface area contributed by atoms with Gasteiger partial charge >= 0.3 is 0 Å². The van der Waals surface area contributed by atoms with Crippen LogP contribution in [-0.2, 0) is 6.54 Å². The minimum atomic E-state index is -0.243. The van der Waals surface area contributed by atoms with Gasteiger partial charge in [0.05, 0.1) is 0 Å². The Morgan fingerprint density at radius 1 is 1.24 bits per heavy atom. The summed E-state index contributed by atoms with van der Waals surface area (Å²) in [5, 5.41) is 0. The number of piperidine rings is 1. The Labute approximate surface area is 127 Å². The number of hydrazine groups is 1. The molecule has 1 aliphatic heterocycles. The lowest BCUT2D eigenvalue weighted by molar-refractivity contribution is 0.0953. The van der Waals surface area contributed by atoms with Crippen molar-refractivity contribution in [2.45, 2.75) is 40.2 Å². The SMILES string of the molecule is CC(C)(C)C1CCN(Cc2ccc(C(=O)NN)cc2)CC1. The van der Waals surface area contributed by atoms with Gasteiger partial charge in [-0.1, -0.05) is 32.9 Å². The van der Waals surface area contributed by atoms with E-state index in [-0.39, 0.29) is 5.91 Å². The fourth-order valence-electron chi connectivity index (χ4n) is 3.06. The molecular formula is C17H27N3O. The van der Waals surface area contributed by atoms with Gasteiger partial charge in [-0.05, 0) is 55.0 Å². The summed E-state index contributed by atoms with van der Waals surface area (Å²) in [5.41, 5.74) is 4.42. The van der Waals surface area contributed by atoms with E-state index in [1.54, 1.807) is 0 Å². The molecule has 0 aliphatic carbocycles. The maximum Gasteiger partial charge on any atom is 0.265 e. The Hall–Kier alpha value is -1.39. The third-order valence-corrected chi connectivity index (χ3v) is 4.57. The van der Waals surface area contributed by atoms with Crippen molar-refractivity contribution in [1.29, 1.82) is 0 Å². The number of hydrogen-bond acceptors (Lipinski definition) is 3. The predicted octanol–water partition coefficient (Wildman–Crippen LogP) is 2.55. The van der Waals surface area contributed by atoms with Crippen molar-refractivity contribution in [2.24, 2.45) is 17.2 Å². The van der Waals surface area contributed by atoms with Gasteiger partial charge in [0.1, 0.15) is 0 Å². The van der Waals surface area contributed by atoms with Crippen molar-refractivity contribution < 1.29 is 4.79 Å². The molecule has 1 heterocycles. The van der Waals surface area contributed by atoms with Crippen molar-refractivity contribution in [1.82, 2.24) is 10.3 Å². The van der Waals surface area contributed by atoms with Gasteiger partial charge in [-0.15, -0.1) is 0 Å². The molecule has 116 valence electrons. The Balaban J connectivity index is 1.88. The number of rotatable bonds is 3. The van der Waals surface area contributed by atoms with Crippen LogP contribution in [0.2, 0.25) is 0 Å². The molecule has 0 bridgehead atoms. The maximum absolute atomic E-state index is 11.4. The average Bonchev–Trinajstić information content (AvgIpc) is 2.47. The quantitative estimate of drug-likeness (QED) is 0.511. The van der Waals surface area contributed by atoms with Crippen LogP contribution in [0.3, 0.4) is 0 Å². The molecule has 0 saturated carbocycles. The second-order valence-corrected chi connectivity index (χ2v) is 7.09. The second kappa shape index (κ2) is 6.58. The zero-order chi connectivity index (χ0) is 15.5. The number of carbonyl (C=O) groups is 1. The third-order valence-electron chi connectivity index (χ3n) is 4.57. The van der Waals surface area contributed by atoms with Gasteiger partial charge in [0, 0.05) is 12.1 Å². The fourth-order valence-corrected chi connectivity index (χ4v) is 3.06. The van der Waals surface area contributed by atoms with Gasteiger partial charge < -0.3 is 0 Å². The van der Waals surface area contributed by atoms with Gasteiger partial charge in [-0.2, -0.15) is 0 Å². The molecule has 1 aliphatic rings. The largest absolute Gasteiger partial charge is 0.299 e. The van der Waals surface area contributed by atoms with Crippen LogP contribution < -0.4 is 11.3 Å². The van der Waals surface area contributed by atoms with Crippen LogP contribution in [0.5, 0.6) is 0 Å². The molecule has 1 saturated heterocycles. The van der Waals surface area contributed by atoms with Crippen LogP contribution in [0.1, 0.15) is 49.5 Å². The Morgan fingerprint density at radius 2 is 1.81 bits per heavy atom. The van der Waals surface area contributed by atoms with Crippen molar-refractivity contribution in [3.63, 3.8) is 0 Å². The number of nitrogen functional groups attached to an aromatic ring is 1. The van der Waals surface area contributed by atoms with E-state index in [9.17, 15) is 4.79 Å². The first-order chi connectivity index (χ1) is 9.90. The lowest BCUT2D eigenvalue weighted by atomic mass is 9.75. The number of amides is 1. The molecule has 4 nitrogen and oxygen atoms in total. The molecule has 1 amide bonds. The summed E-state index contributed by atoms with van der Waals surface area (Å²) in [6, 6.07) is 7.69. The predicted molar refractivity (Wildman–Crippen MR) is 85.6 cm³/mol. The molecule has 0 atom stereocenters. The lowest BCUT2D eigenvalue weighted by Gasteiger charge is -2.38. The highest BCUT2D eigenvalue weighted by Crippen LogP contribution is 2.34. The van der Waals surface area contributed by atoms with Crippen molar-refractivity contribution in [3.05, 3.63) is 35.4 Å². The average molecular weight is 289 g/mol. The normalized spacial score (nSPS) is 17.7. The molecular weight excluding hydrogens is 262 g/mol. The van der Waals surface area contributed by atoms with Gasteiger partial charge in [0.15, 0.2) is 0 Å². The fraction of sp³-hybridized carbons (Fsp3) is 0.588. The highest BCUT2D eigenvalue weighted by molar-refractivity contribution is 5.93. The Bertz CT molecular complexity index is 468. The minimum absolute atomic E-state index is 0.243. The summed E-state index contributed by atoms with van der Waals surface area (Å²) in [5.74, 6) is 5.71. The number of hydrogen-bond donors (Lipinski definition) is 2. The van der Waals surface area contributed by atoms with E-state index < -0.39 is 0 Å². The number of nitrogens with two attached hydrogens (primary N) is 1. The first-order valence-corrected chi connectivity index (χ1v) is 7.72. The second-order valence-electron chi connectivity index (χ2n) is 7.09. The highest BCUT2D eigenvalue weighted by Gasteiger charge is 2.28. The zero-order valence-corrected chi connectivity index (χ0v) is 13.4. The van der Waals surface area contributed by atoms with E-state index in [2.05, 4.69) is 31.1 Å². The minimum Gasteiger partial charge on any atom is -0.299 e. The molecule has 4 heteroatoms. The summed E-state index contributed by atoms with van der Waals surface area (Å²) in [4.78, 5) is 13.9. The number of nitrogens with one attached hydrogen (secondary N) is 1. The highest BCUT2D eigenvalue weighted by atomic mass is 16.2. The lowest BCUT2D eigenvalue weighted by Crippen LogP contribution is -2.37. The Kier molecular flexibility index (Phi) is 5.01. The number of benzene rings is 1. The maximum atomic E-state index is 11.4. The summed E-state index contributed by atoms with van der Waals surface area (Å²) in [6.45, 7) is 10.3. The molecule has 2 rings (SSSR count). The summed E-state index contributed by atoms with van der Waals surface area (Å²) in [6.07, 6.45) is 2.55. The first-order valence-electron chi connectivity index (χ1n) is 7.72. The molecule has 1 aromatic carbocycles.